The minimum absolute atomic E-state index is 0.0793. The number of benzene rings is 2. The summed E-state index contributed by atoms with van der Waals surface area (Å²) in [4.78, 5) is 11.5. The Kier molecular flexibility index (Phi) is 4.44. The third kappa shape index (κ3) is 2.87. The number of phenolic OH excluding ortho intramolecular Hbond substituents is 1. The van der Waals surface area contributed by atoms with E-state index >= 15 is 0 Å². The summed E-state index contributed by atoms with van der Waals surface area (Å²) in [6.07, 6.45) is 0.0452. The zero-order valence-electron chi connectivity index (χ0n) is 18.0. The third-order valence-corrected chi connectivity index (χ3v) is 7.10. The molecule has 32 heavy (non-hydrogen) atoms. The number of aromatic hydroxyl groups is 1. The molecule has 0 radical (unpaired) electrons. The van der Waals surface area contributed by atoms with Gasteiger partial charge in [0, 0.05) is 27.7 Å². The predicted octanol–water partition coefficient (Wildman–Crippen LogP) is 5.35. The second kappa shape index (κ2) is 6.78. The van der Waals surface area contributed by atoms with Gasteiger partial charge >= 0.3 is 5.97 Å². The summed E-state index contributed by atoms with van der Waals surface area (Å²) in [5, 5.41) is 20.9. The van der Waals surface area contributed by atoms with Gasteiger partial charge in [-0.2, -0.15) is 0 Å². The highest BCUT2D eigenvalue weighted by atomic mass is 19.1. The first-order chi connectivity index (χ1) is 15.1. The van der Waals surface area contributed by atoms with Crippen LogP contribution in [0.15, 0.2) is 42.5 Å². The van der Waals surface area contributed by atoms with E-state index in [0.717, 1.165) is 22.5 Å². The molecule has 2 aliphatic rings. The Balaban J connectivity index is 1.81. The summed E-state index contributed by atoms with van der Waals surface area (Å²) in [7, 11) is 0. The number of rotatable bonds is 2. The summed E-state index contributed by atoms with van der Waals surface area (Å²) in [6.45, 7) is 4.42. The number of carbonyl (C=O) groups is 1. The molecule has 1 fully saturated rings. The van der Waals surface area contributed by atoms with E-state index in [2.05, 4.69) is 0 Å². The van der Waals surface area contributed by atoms with Crippen LogP contribution in [-0.4, -0.2) is 33.0 Å². The van der Waals surface area contributed by atoms with Crippen LogP contribution in [-0.2, 0) is 20.5 Å². The number of halogens is 2. The molecule has 1 aromatic heterocycles. The molecule has 168 valence electrons. The van der Waals surface area contributed by atoms with E-state index in [1.165, 1.54) is 12.1 Å². The second-order valence-electron chi connectivity index (χ2n) is 9.64. The molecule has 0 amide bonds. The SMILES string of the molecule is CC1(C)COC2(CCC(F)(C(=O)O)CC2)c2c1n(-c1ccc(F)cc1)c1cccc(O)c21. The lowest BCUT2D eigenvalue weighted by Crippen LogP contribution is -2.49. The lowest BCUT2D eigenvalue weighted by Gasteiger charge is -2.48. The van der Waals surface area contributed by atoms with Crippen LogP contribution >= 0.6 is 0 Å². The number of aliphatic carboxylic acids is 1. The summed E-state index contributed by atoms with van der Waals surface area (Å²) in [6, 6.07) is 11.4. The molecule has 0 bridgehead atoms. The molecule has 7 heteroatoms. The predicted molar refractivity (Wildman–Crippen MR) is 115 cm³/mol. The zero-order valence-corrected chi connectivity index (χ0v) is 18.0. The first-order valence-electron chi connectivity index (χ1n) is 10.8. The fourth-order valence-corrected chi connectivity index (χ4v) is 5.38. The molecule has 0 saturated heterocycles. The van der Waals surface area contributed by atoms with Gasteiger partial charge in [0.1, 0.15) is 11.6 Å². The highest BCUT2D eigenvalue weighted by Gasteiger charge is 2.54. The number of nitrogens with zero attached hydrogens (tertiary/aromatic N) is 1. The molecule has 1 spiro atoms. The van der Waals surface area contributed by atoms with Crippen molar-refractivity contribution < 1.29 is 28.5 Å². The number of phenols is 1. The zero-order chi connectivity index (χ0) is 22.9. The maximum Gasteiger partial charge on any atom is 0.341 e. The van der Waals surface area contributed by atoms with Gasteiger partial charge in [0.2, 0.25) is 5.67 Å². The average molecular weight is 441 g/mol. The van der Waals surface area contributed by atoms with Crippen LogP contribution < -0.4 is 0 Å². The molecule has 2 N–H and O–H groups in total. The van der Waals surface area contributed by atoms with Gasteiger partial charge in [-0.05, 0) is 62.1 Å². The van der Waals surface area contributed by atoms with Gasteiger partial charge in [-0.3, -0.25) is 0 Å². The summed E-state index contributed by atoms with van der Waals surface area (Å²) in [5.74, 6) is -1.71. The first kappa shape index (κ1) is 20.9. The van der Waals surface area contributed by atoms with Crippen molar-refractivity contribution in [3.63, 3.8) is 0 Å². The smallest absolute Gasteiger partial charge is 0.341 e. The summed E-state index contributed by atoms with van der Waals surface area (Å²) in [5.41, 5.74) is -0.467. The Hall–Kier alpha value is -2.93. The van der Waals surface area contributed by atoms with Crippen molar-refractivity contribution in [2.24, 2.45) is 0 Å². The van der Waals surface area contributed by atoms with E-state index in [-0.39, 0.29) is 37.3 Å². The lowest BCUT2D eigenvalue weighted by molar-refractivity contribution is -0.165. The fourth-order valence-electron chi connectivity index (χ4n) is 5.38. The molecule has 5 rings (SSSR count). The molecule has 3 aromatic rings. The van der Waals surface area contributed by atoms with Crippen LogP contribution in [0.1, 0.15) is 50.8 Å². The van der Waals surface area contributed by atoms with Gasteiger partial charge in [0.15, 0.2) is 0 Å². The molecule has 2 aromatic carbocycles. The van der Waals surface area contributed by atoms with Gasteiger partial charge in [-0.1, -0.05) is 19.9 Å². The number of carboxylic acids is 1. The van der Waals surface area contributed by atoms with E-state index in [9.17, 15) is 23.8 Å². The van der Waals surface area contributed by atoms with Crippen LogP contribution in [0.2, 0.25) is 0 Å². The minimum Gasteiger partial charge on any atom is -0.507 e. The molecule has 0 unspecified atom stereocenters. The quantitative estimate of drug-likeness (QED) is 0.563. The first-order valence-corrected chi connectivity index (χ1v) is 10.8. The third-order valence-electron chi connectivity index (χ3n) is 7.10. The van der Waals surface area contributed by atoms with Gasteiger partial charge in [-0.15, -0.1) is 0 Å². The van der Waals surface area contributed by atoms with E-state index in [1.54, 1.807) is 24.3 Å². The number of alkyl halides is 1. The van der Waals surface area contributed by atoms with Gasteiger partial charge in [0.05, 0.1) is 17.7 Å². The van der Waals surface area contributed by atoms with E-state index < -0.39 is 22.7 Å². The van der Waals surface area contributed by atoms with Crippen LogP contribution in [0.3, 0.4) is 0 Å². The molecular formula is C25H25F2NO4. The van der Waals surface area contributed by atoms with E-state index in [4.69, 9.17) is 4.74 Å². The van der Waals surface area contributed by atoms with E-state index in [1.807, 2.05) is 24.5 Å². The Morgan fingerprint density at radius 1 is 1.06 bits per heavy atom. The van der Waals surface area contributed by atoms with Crippen LogP contribution in [0.5, 0.6) is 5.75 Å². The number of ether oxygens (including phenoxy) is 1. The second-order valence-corrected chi connectivity index (χ2v) is 9.64. The minimum atomic E-state index is -2.28. The molecular weight excluding hydrogens is 416 g/mol. The standard InChI is InChI=1S/C25H25F2NO4/c1-23(2)14-32-25(12-10-24(27,11-13-25)22(30)31)20-19-17(4-3-5-18(19)29)28(21(20)23)16-8-6-15(26)7-9-16/h3-9,29H,10-14H2,1-2H3,(H,30,31). The molecule has 5 nitrogen and oxygen atoms in total. The molecule has 0 atom stereocenters. The van der Waals surface area contributed by atoms with Crippen molar-refractivity contribution in [3.05, 3.63) is 59.5 Å². The largest absolute Gasteiger partial charge is 0.507 e. The van der Waals surface area contributed by atoms with Gasteiger partial charge in [0.25, 0.3) is 0 Å². The number of hydrogen-bond acceptors (Lipinski definition) is 3. The van der Waals surface area contributed by atoms with Crippen molar-refractivity contribution in [2.45, 2.75) is 56.2 Å². The van der Waals surface area contributed by atoms with Crippen molar-refractivity contribution in [3.8, 4) is 11.4 Å². The maximum atomic E-state index is 14.9. The number of aromatic nitrogens is 1. The number of fused-ring (bicyclic) bond motifs is 4. The lowest BCUT2D eigenvalue weighted by atomic mass is 9.68. The van der Waals surface area contributed by atoms with Crippen molar-refractivity contribution in [2.75, 3.05) is 6.61 Å². The summed E-state index contributed by atoms with van der Waals surface area (Å²) >= 11 is 0. The van der Waals surface area contributed by atoms with Crippen LogP contribution in [0.25, 0.3) is 16.6 Å². The normalized spacial score (nSPS) is 26.9. The molecule has 2 heterocycles. The van der Waals surface area contributed by atoms with Crippen molar-refractivity contribution >= 4 is 16.9 Å². The number of hydrogen-bond donors (Lipinski definition) is 2. The van der Waals surface area contributed by atoms with Gasteiger partial charge in [-0.25, -0.2) is 13.6 Å². The van der Waals surface area contributed by atoms with Crippen molar-refractivity contribution in [1.82, 2.24) is 4.57 Å². The Morgan fingerprint density at radius 3 is 2.34 bits per heavy atom. The van der Waals surface area contributed by atoms with Crippen LogP contribution in [0.4, 0.5) is 8.78 Å². The Bertz CT molecular complexity index is 1220. The molecule has 1 aliphatic carbocycles. The van der Waals surface area contributed by atoms with Crippen molar-refractivity contribution in [1.29, 1.82) is 0 Å². The van der Waals surface area contributed by atoms with E-state index in [0.29, 0.717) is 12.0 Å². The van der Waals surface area contributed by atoms with Crippen LogP contribution in [0, 0.1) is 5.82 Å². The highest BCUT2D eigenvalue weighted by Crippen LogP contribution is 2.56. The Morgan fingerprint density at radius 2 is 1.72 bits per heavy atom. The topological polar surface area (TPSA) is 71.7 Å². The maximum absolute atomic E-state index is 14.9. The monoisotopic (exact) mass is 441 g/mol. The molecule has 1 saturated carbocycles. The highest BCUT2D eigenvalue weighted by molar-refractivity contribution is 5.94. The number of carboxylic acid groups (broad SMARTS) is 1. The summed E-state index contributed by atoms with van der Waals surface area (Å²) < 4.78 is 37.0. The van der Waals surface area contributed by atoms with Gasteiger partial charge < -0.3 is 19.5 Å². The average Bonchev–Trinajstić information content (AvgIpc) is 3.12. The molecule has 1 aliphatic heterocycles. The Labute approximate surface area is 184 Å². The fraction of sp³-hybridized carbons (Fsp3) is 0.400.